The van der Waals surface area contributed by atoms with Gasteiger partial charge >= 0.3 is 0 Å². The predicted octanol–water partition coefficient (Wildman–Crippen LogP) is 19.3. The molecule has 0 amide bonds. The minimum Gasteiger partial charge on any atom is -0.311 e. The van der Waals surface area contributed by atoms with Crippen molar-refractivity contribution in [1.82, 2.24) is 8.80 Å². The fraction of sp³-hybridized carbons (Fsp3) is 0.0930. The molecule has 4 aromatic heterocycles. The quantitative estimate of drug-likeness (QED) is 0.154. The Morgan fingerprint density at radius 3 is 1.52 bits per heavy atom. The summed E-state index contributed by atoms with van der Waals surface area (Å²) in [6.07, 6.45) is 0. The van der Waals surface area contributed by atoms with E-state index >= 15 is 0 Å². The minimum absolute atomic E-state index is 0.0359. The first-order valence-electron chi connectivity index (χ1n) is 32.5. The summed E-state index contributed by atoms with van der Waals surface area (Å²) in [4.78, 5) is 5.17. The second kappa shape index (κ2) is 19.4. The van der Waals surface area contributed by atoms with Crippen molar-refractivity contribution >= 4 is 152 Å². The van der Waals surface area contributed by atoms with Crippen LogP contribution in [0.1, 0.15) is 52.7 Å². The monoisotopic (exact) mass is 1170 g/mol. The molecule has 433 valence electrons. The number of nitrogens with zero attached hydrogens (tertiary/aromatic N) is 4. The van der Waals surface area contributed by atoms with Gasteiger partial charge < -0.3 is 18.6 Å². The third-order valence-electron chi connectivity index (χ3n) is 20.5. The zero-order valence-electron chi connectivity index (χ0n) is 52.4. The molecule has 0 aliphatic carbocycles. The van der Waals surface area contributed by atoms with Gasteiger partial charge in [0.2, 0.25) is 6.71 Å². The van der Waals surface area contributed by atoms with Gasteiger partial charge in [-0.25, -0.2) is 0 Å². The van der Waals surface area contributed by atoms with E-state index in [1.165, 1.54) is 143 Å². The molecule has 0 bridgehead atoms. The second-order valence-corrected chi connectivity index (χ2v) is 27.8. The van der Waals surface area contributed by atoms with E-state index in [1.54, 1.807) is 0 Å². The third-order valence-corrected chi connectivity index (χ3v) is 20.5. The number of benzene rings is 13. The van der Waals surface area contributed by atoms with Gasteiger partial charge in [-0.2, -0.15) is 0 Å². The smallest absolute Gasteiger partial charge is 0.247 e. The first-order chi connectivity index (χ1) is 44.9. The number of hydrogen-bond donors (Lipinski definition) is 0. The lowest BCUT2D eigenvalue weighted by atomic mass is 9.34. The van der Waals surface area contributed by atoms with Gasteiger partial charge in [-0.1, -0.05) is 252 Å². The van der Waals surface area contributed by atoms with Crippen molar-refractivity contribution in [2.75, 3.05) is 9.80 Å². The zero-order valence-corrected chi connectivity index (χ0v) is 52.4. The minimum atomic E-state index is -0.143. The summed E-state index contributed by atoms with van der Waals surface area (Å²) >= 11 is 0. The highest BCUT2D eigenvalue weighted by Gasteiger charge is 2.41. The first kappa shape index (κ1) is 53.1. The van der Waals surface area contributed by atoms with Crippen LogP contribution >= 0.6 is 0 Å². The summed E-state index contributed by atoms with van der Waals surface area (Å²) in [7, 11) is 2.41. The molecule has 0 spiro atoms. The molecule has 6 heteroatoms. The molecule has 13 aromatic carbocycles. The van der Waals surface area contributed by atoms with E-state index in [0.29, 0.717) is 0 Å². The van der Waals surface area contributed by atoms with Crippen LogP contribution in [0.5, 0.6) is 0 Å². The number of fused-ring (bicyclic) bond motifs is 18. The van der Waals surface area contributed by atoms with Crippen LogP contribution in [0.3, 0.4) is 0 Å². The largest absolute Gasteiger partial charge is 0.311 e. The van der Waals surface area contributed by atoms with Gasteiger partial charge in [0, 0.05) is 65.7 Å². The standard InChI is InChI=1S/C86H63B2N4/c1-85(2,3)56-40-44-75-63(48-56)65-51-71-84(80-66-49-57(86(4,5)6)41-45-76(66)91(75)82(65)80)89(58-28-14-9-15-29-58)78-37-23-19-33-70(78)88(71)69-42-38-54(46-61(69)52-24-10-7-11-25-52)55-39-43-74(62(47-55)53-26-12-8-13-27-53)92-77-36-22-18-32-67(77)87-68-50-64-59-30-16-20-34-72(59)90-73-35-21-17-31-60(73)79(81(64)90)83(68)92/h7-51H,1-6H3. The maximum absolute atomic E-state index is 2.60. The van der Waals surface area contributed by atoms with Crippen LogP contribution in [0.15, 0.2) is 273 Å². The Balaban J connectivity index is 0.866. The van der Waals surface area contributed by atoms with Crippen LogP contribution in [0.2, 0.25) is 0 Å². The topological polar surface area (TPSA) is 15.3 Å². The maximum atomic E-state index is 2.60. The zero-order chi connectivity index (χ0) is 61.5. The van der Waals surface area contributed by atoms with Crippen LogP contribution in [-0.4, -0.2) is 22.8 Å². The molecule has 0 N–H and O–H groups in total. The molecule has 6 heterocycles. The molecule has 19 rings (SSSR count). The summed E-state index contributed by atoms with van der Waals surface area (Å²) in [5.74, 6) is 0. The fourth-order valence-corrected chi connectivity index (χ4v) is 16.3. The molecular formula is C86H63B2N4. The van der Waals surface area contributed by atoms with Crippen molar-refractivity contribution in [3.8, 4) is 33.4 Å². The molecule has 4 nitrogen and oxygen atoms in total. The molecule has 0 saturated carbocycles. The molecule has 0 saturated heterocycles. The number of aromatic nitrogens is 2. The first-order valence-corrected chi connectivity index (χ1v) is 32.5. The van der Waals surface area contributed by atoms with E-state index in [-0.39, 0.29) is 17.5 Å². The Morgan fingerprint density at radius 2 is 0.826 bits per heavy atom. The molecular weight excluding hydrogens is 1110 g/mol. The summed E-state index contributed by atoms with van der Waals surface area (Å²) < 4.78 is 5.09. The van der Waals surface area contributed by atoms with Crippen molar-refractivity contribution in [2.45, 2.75) is 52.4 Å². The Labute approximate surface area is 536 Å². The maximum Gasteiger partial charge on any atom is 0.247 e. The van der Waals surface area contributed by atoms with Crippen LogP contribution in [0, 0.1) is 0 Å². The number of para-hydroxylation sites is 5. The second-order valence-electron chi connectivity index (χ2n) is 27.8. The van der Waals surface area contributed by atoms with Gasteiger partial charge in [0.25, 0.3) is 0 Å². The Hall–Kier alpha value is -10.8. The molecule has 0 fully saturated rings. The highest BCUT2D eigenvalue weighted by atomic mass is 15.2. The molecule has 2 aliphatic rings. The van der Waals surface area contributed by atoms with Crippen molar-refractivity contribution in [1.29, 1.82) is 0 Å². The average molecular weight is 1170 g/mol. The molecule has 2 aliphatic heterocycles. The Morgan fingerprint density at radius 1 is 0.304 bits per heavy atom. The lowest BCUT2D eigenvalue weighted by Gasteiger charge is -2.38. The van der Waals surface area contributed by atoms with Crippen molar-refractivity contribution in [3.05, 3.63) is 284 Å². The number of anilines is 6. The Bertz CT molecular complexity index is 5890. The summed E-state index contributed by atoms with van der Waals surface area (Å²) in [6, 6.07) is 104. The highest BCUT2D eigenvalue weighted by molar-refractivity contribution is 6.99. The highest BCUT2D eigenvalue weighted by Crippen LogP contribution is 2.52. The van der Waals surface area contributed by atoms with E-state index in [2.05, 4.69) is 340 Å². The molecule has 1 radical (unpaired) electrons. The normalized spacial score (nSPS) is 13.3. The molecule has 92 heavy (non-hydrogen) atoms. The lowest BCUT2D eigenvalue weighted by Crippen LogP contribution is -2.57. The Kier molecular flexibility index (Phi) is 11.2. The number of rotatable bonds is 6. The van der Waals surface area contributed by atoms with Gasteiger partial charge in [0.1, 0.15) is 0 Å². The van der Waals surface area contributed by atoms with E-state index in [9.17, 15) is 0 Å². The van der Waals surface area contributed by atoms with Crippen LogP contribution < -0.4 is 37.1 Å². The van der Waals surface area contributed by atoms with Gasteiger partial charge in [-0.3, -0.25) is 0 Å². The SMILES string of the molecule is CC(C)(C)c1ccc2c(c1)c1cc3c(c4c5cc(C(C)(C)C)ccc5n2c14)N(c1ccccc1)c1ccccc1B3c1ccc(-c2ccc(N3c4ccccc4[B]c4cc5c6ccccc6n6c7ccccc7c(c43)c56)c(-c3ccccc3)c2)cc1-c1ccccc1. The number of hydrogen-bond acceptors (Lipinski definition) is 2. The molecule has 17 aromatic rings. The summed E-state index contributed by atoms with van der Waals surface area (Å²) in [6.45, 7) is 13.9. The molecule has 0 atom stereocenters. The van der Waals surface area contributed by atoms with E-state index < -0.39 is 0 Å². The predicted molar refractivity (Wildman–Crippen MR) is 395 cm³/mol. The van der Waals surface area contributed by atoms with E-state index in [4.69, 9.17) is 0 Å². The van der Waals surface area contributed by atoms with Crippen molar-refractivity contribution in [2.24, 2.45) is 0 Å². The van der Waals surface area contributed by atoms with Gasteiger partial charge in [0.05, 0.1) is 50.2 Å². The summed E-state index contributed by atoms with van der Waals surface area (Å²) in [5, 5.41) is 10.2. The fourth-order valence-electron chi connectivity index (χ4n) is 16.3. The van der Waals surface area contributed by atoms with E-state index in [1.807, 2.05) is 0 Å². The average Bonchev–Trinajstić information content (AvgIpc) is 1.50. The van der Waals surface area contributed by atoms with E-state index in [0.717, 1.165) is 39.3 Å². The van der Waals surface area contributed by atoms with Crippen LogP contribution in [0.4, 0.5) is 34.1 Å². The van der Waals surface area contributed by atoms with Gasteiger partial charge in [0.15, 0.2) is 7.28 Å². The molecule has 0 unspecified atom stereocenters. The van der Waals surface area contributed by atoms with Crippen molar-refractivity contribution in [3.63, 3.8) is 0 Å². The van der Waals surface area contributed by atoms with Crippen LogP contribution in [-0.2, 0) is 10.8 Å². The third kappa shape index (κ3) is 7.55. The van der Waals surface area contributed by atoms with Crippen LogP contribution in [0.25, 0.3) is 110 Å². The lowest BCUT2D eigenvalue weighted by molar-refractivity contribution is 0.591. The van der Waals surface area contributed by atoms with Gasteiger partial charge in [-0.15, -0.1) is 0 Å². The van der Waals surface area contributed by atoms with Gasteiger partial charge in [-0.05, 0) is 140 Å². The van der Waals surface area contributed by atoms with Crippen molar-refractivity contribution < 1.29 is 0 Å². The summed E-state index contributed by atoms with van der Waals surface area (Å²) in [5.41, 5.74) is 30.4.